The smallest absolute Gasteiger partial charge is 0.320 e. The molecule has 1 aliphatic heterocycles. The number of alkyl halides is 9. The van der Waals surface area contributed by atoms with E-state index in [-0.39, 0.29) is 17.7 Å². The molecule has 1 N–H and O–H groups in total. The van der Waals surface area contributed by atoms with Crippen LogP contribution in [0.15, 0.2) is 24.3 Å². The highest BCUT2D eigenvalue weighted by atomic mass is 19.4. The van der Waals surface area contributed by atoms with E-state index >= 15 is 0 Å². The van der Waals surface area contributed by atoms with Gasteiger partial charge in [0.1, 0.15) is 0 Å². The lowest BCUT2D eigenvalue weighted by atomic mass is 9.99. The second-order valence-corrected chi connectivity index (χ2v) is 5.40. The number of carbonyl (C=O) groups is 1. The molecular weight excluding hydrogens is 385 g/mol. The number of halogens is 9. The first-order valence-corrected chi connectivity index (χ1v) is 6.95. The van der Waals surface area contributed by atoms with Gasteiger partial charge in [-0.1, -0.05) is 25.1 Å². The number of para-hydroxylation sites is 1. The summed E-state index contributed by atoms with van der Waals surface area (Å²) in [5, 5.41) is 1.36. The Morgan fingerprint density at radius 2 is 1.58 bits per heavy atom. The molecule has 0 radical (unpaired) electrons. The van der Waals surface area contributed by atoms with E-state index in [1.807, 2.05) is 0 Å². The van der Waals surface area contributed by atoms with E-state index in [0.717, 1.165) is 6.07 Å². The van der Waals surface area contributed by atoms with Crippen molar-refractivity contribution in [3.8, 4) is 0 Å². The Labute approximate surface area is 140 Å². The SMILES string of the molecule is CCc1ccccc1NC(=O)C(F)(F)C1(F)OC(F)(F)C(F)(F)C1(F)F. The summed E-state index contributed by atoms with van der Waals surface area (Å²) in [7, 11) is 0. The molecule has 0 aliphatic carbocycles. The number of amides is 1. The molecule has 3 nitrogen and oxygen atoms in total. The first kappa shape index (κ1) is 20.3. The minimum absolute atomic E-state index is 0.158. The molecule has 0 saturated carbocycles. The summed E-state index contributed by atoms with van der Waals surface area (Å²) in [6, 6.07) is 5.04. The van der Waals surface area contributed by atoms with Crippen LogP contribution in [0.4, 0.5) is 45.2 Å². The summed E-state index contributed by atoms with van der Waals surface area (Å²) in [5.74, 6) is -28.5. The number of ether oxygens (including phenoxy) is 1. The van der Waals surface area contributed by atoms with Crippen LogP contribution in [0.2, 0.25) is 0 Å². The van der Waals surface area contributed by atoms with Gasteiger partial charge < -0.3 is 5.32 Å². The summed E-state index contributed by atoms with van der Waals surface area (Å²) in [4.78, 5) is 11.6. The maximum atomic E-state index is 14.1. The van der Waals surface area contributed by atoms with E-state index in [1.165, 1.54) is 30.4 Å². The molecule has 26 heavy (non-hydrogen) atoms. The molecule has 1 atom stereocenters. The summed E-state index contributed by atoms with van der Waals surface area (Å²) in [5.41, 5.74) is -0.164. The molecule has 146 valence electrons. The van der Waals surface area contributed by atoms with Crippen LogP contribution in [0.3, 0.4) is 0 Å². The van der Waals surface area contributed by atoms with Crippen molar-refractivity contribution < 1.29 is 49.0 Å². The lowest BCUT2D eigenvalue weighted by molar-refractivity contribution is -0.366. The van der Waals surface area contributed by atoms with Crippen molar-refractivity contribution in [2.24, 2.45) is 0 Å². The fraction of sp³-hybridized carbons (Fsp3) is 0.500. The second kappa shape index (κ2) is 5.76. The van der Waals surface area contributed by atoms with Crippen molar-refractivity contribution in [3.63, 3.8) is 0 Å². The fourth-order valence-electron chi connectivity index (χ4n) is 2.25. The molecule has 0 bridgehead atoms. The number of aryl methyl sites for hydroxylation is 1. The molecule has 1 heterocycles. The first-order valence-electron chi connectivity index (χ1n) is 6.95. The van der Waals surface area contributed by atoms with Crippen LogP contribution in [-0.4, -0.2) is 35.6 Å². The van der Waals surface area contributed by atoms with Crippen molar-refractivity contribution in [1.29, 1.82) is 0 Å². The average molecular weight is 395 g/mol. The maximum Gasteiger partial charge on any atom is 0.428 e. The molecule has 1 unspecified atom stereocenters. The van der Waals surface area contributed by atoms with Gasteiger partial charge in [0, 0.05) is 5.69 Å². The van der Waals surface area contributed by atoms with E-state index in [2.05, 4.69) is 4.74 Å². The maximum absolute atomic E-state index is 14.1. The lowest BCUT2D eigenvalue weighted by Gasteiger charge is -2.31. The van der Waals surface area contributed by atoms with Gasteiger partial charge in [0.15, 0.2) is 0 Å². The van der Waals surface area contributed by atoms with E-state index in [4.69, 9.17) is 0 Å². The van der Waals surface area contributed by atoms with E-state index < -0.39 is 35.6 Å². The third-order valence-electron chi connectivity index (χ3n) is 3.77. The van der Waals surface area contributed by atoms with Gasteiger partial charge in [0.25, 0.3) is 0 Å². The Balaban J connectivity index is 2.44. The number of anilines is 1. The molecule has 0 aromatic heterocycles. The van der Waals surface area contributed by atoms with Gasteiger partial charge in [-0.05, 0) is 18.1 Å². The minimum Gasteiger partial charge on any atom is -0.320 e. The van der Waals surface area contributed by atoms with Crippen molar-refractivity contribution in [3.05, 3.63) is 29.8 Å². The number of hydrogen-bond acceptors (Lipinski definition) is 2. The van der Waals surface area contributed by atoms with Gasteiger partial charge in [-0.15, -0.1) is 0 Å². The number of rotatable bonds is 4. The molecule has 1 saturated heterocycles. The molecule has 12 heteroatoms. The van der Waals surface area contributed by atoms with Gasteiger partial charge in [0.2, 0.25) is 0 Å². The average Bonchev–Trinajstić information content (AvgIpc) is 2.63. The molecule has 1 aromatic carbocycles. The number of carbonyl (C=O) groups excluding carboxylic acids is 1. The highest BCUT2D eigenvalue weighted by molar-refractivity contribution is 5.97. The summed E-state index contributed by atoms with van der Waals surface area (Å²) >= 11 is 0. The van der Waals surface area contributed by atoms with Crippen molar-refractivity contribution in [2.75, 3.05) is 5.32 Å². The van der Waals surface area contributed by atoms with Crippen molar-refractivity contribution >= 4 is 11.6 Å². The van der Waals surface area contributed by atoms with Crippen LogP contribution < -0.4 is 5.32 Å². The monoisotopic (exact) mass is 395 g/mol. The normalized spacial score (nSPS) is 26.5. The largest absolute Gasteiger partial charge is 0.428 e. The summed E-state index contributed by atoms with van der Waals surface area (Å²) in [6.07, 6.45) is -6.11. The van der Waals surface area contributed by atoms with Gasteiger partial charge in [-0.3, -0.25) is 9.53 Å². The molecule has 1 amide bonds. The zero-order chi connectivity index (χ0) is 20.2. The zero-order valence-electron chi connectivity index (χ0n) is 12.7. The number of benzene rings is 1. The van der Waals surface area contributed by atoms with Crippen LogP contribution in [0.1, 0.15) is 12.5 Å². The van der Waals surface area contributed by atoms with E-state index in [9.17, 15) is 44.3 Å². The topological polar surface area (TPSA) is 38.3 Å². The van der Waals surface area contributed by atoms with Crippen LogP contribution >= 0.6 is 0 Å². The molecular formula is C14H10F9NO2. The van der Waals surface area contributed by atoms with Crippen LogP contribution in [0.5, 0.6) is 0 Å². The Morgan fingerprint density at radius 3 is 2.04 bits per heavy atom. The highest BCUT2D eigenvalue weighted by Crippen LogP contribution is 2.64. The molecule has 1 fully saturated rings. The predicted molar refractivity (Wildman–Crippen MR) is 69.2 cm³/mol. The number of hydrogen-bond donors (Lipinski definition) is 1. The fourth-order valence-corrected chi connectivity index (χ4v) is 2.25. The Morgan fingerprint density at radius 1 is 1.04 bits per heavy atom. The third kappa shape index (κ3) is 2.45. The third-order valence-corrected chi connectivity index (χ3v) is 3.77. The molecule has 2 rings (SSSR count). The summed E-state index contributed by atoms with van der Waals surface area (Å²) < 4.78 is 123. The Kier molecular flexibility index (Phi) is 4.50. The van der Waals surface area contributed by atoms with Gasteiger partial charge in [-0.2, -0.15) is 39.5 Å². The quantitative estimate of drug-likeness (QED) is 0.769. The second-order valence-electron chi connectivity index (χ2n) is 5.40. The summed E-state index contributed by atoms with van der Waals surface area (Å²) in [6.45, 7) is 1.52. The van der Waals surface area contributed by atoms with E-state index in [1.54, 1.807) is 0 Å². The predicted octanol–water partition coefficient (Wildman–Crippen LogP) is 4.38. The van der Waals surface area contributed by atoms with E-state index in [0.29, 0.717) is 0 Å². The first-order chi connectivity index (χ1) is 11.7. The Hall–Kier alpha value is -1.98. The highest BCUT2D eigenvalue weighted by Gasteiger charge is 2.96. The van der Waals surface area contributed by atoms with Crippen molar-refractivity contribution in [2.45, 2.75) is 43.1 Å². The standard InChI is InChI=1S/C14H10F9NO2/c1-2-7-5-3-4-6-8(7)24-9(25)10(15,16)13(21)11(17,18)12(19,20)14(22,23)26-13/h3-6H,2H2,1H3,(H,24,25). The molecule has 0 spiro atoms. The van der Waals surface area contributed by atoms with Gasteiger partial charge >= 0.3 is 35.6 Å². The lowest BCUT2D eigenvalue weighted by Crippen LogP contribution is -2.63. The minimum atomic E-state index is -6.70. The van der Waals surface area contributed by atoms with Crippen LogP contribution in [-0.2, 0) is 16.0 Å². The van der Waals surface area contributed by atoms with Crippen molar-refractivity contribution in [1.82, 2.24) is 0 Å². The number of nitrogens with one attached hydrogen (secondary N) is 1. The van der Waals surface area contributed by atoms with Gasteiger partial charge in [0.05, 0.1) is 0 Å². The van der Waals surface area contributed by atoms with Crippen LogP contribution in [0, 0.1) is 0 Å². The molecule has 1 aromatic rings. The van der Waals surface area contributed by atoms with Crippen LogP contribution in [0.25, 0.3) is 0 Å². The molecule has 1 aliphatic rings. The Bertz CT molecular complexity index is 722. The van der Waals surface area contributed by atoms with Gasteiger partial charge in [-0.25, -0.2) is 0 Å². The zero-order valence-corrected chi connectivity index (χ0v) is 12.7.